The van der Waals surface area contributed by atoms with E-state index in [9.17, 15) is 0 Å². The first kappa shape index (κ1) is 34.9. The van der Waals surface area contributed by atoms with Gasteiger partial charge >= 0.3 is 0 Å². The van der Waals surface area contributed by atoms with E-state index in [2.05, 4.69) is 171 Å². The minimum atomic E-state index is -0.0424. The van der Waals surface area contributed by atoms with Gasteiger partial charge < -0.3 is 9.47 Å². The summed E-state index contributed by atoms with van der Waals surface area (Å²) in [7, 11) is 0. The van der Waals surface area contributed by atoms with Gasteiger partial charge in [-0.2, -0.15) is 0 Å². The lowest BCUT2D eigenvalue weighted by Crippen LogP contribution is -2.61. The lowest BCUT2D eigenvalue weighted by atomic mass is 9.33. The van der Waals surface area contributed by atoms with Crippen LogP contribution in [0, 0.1) is 0 Å². The average Bonchev–Trinajstić information content (AvgIpc) is 3.68. The first-order valence-corrected chi connectivity index (χ1v) is 22.0. The summed E-state index contributed by atoms with van der Waals surface area (Å²) in [6, 6.07) is 34.3. The molecular weight excluding hydrogens is 695 g/mol. The van der Waals surface area contributed by atoms with Gasteiger partial charge in [-0.05, 0) is 133 Å². The minimum Gasteiger partial charge on any atom is -0.311 e. The Hall–Kier alpha value is -4.28. The second-order valence-corrected chi connectivity index (χ2v) is 22.6. The van der Waals surface area contributed by atoms with Crippen LogP contribution in [0.3, 0.4) is 0 Å². The number of benzene rings is 5. The zero-order valence-electron chi connectivity index (χ0n) is 35.3. The molecule has 0 N–H and O–H groups in total. The van der Waals surface area contributed by atoms with Crippen molar-refractivity contribution in [1.29, 1.82) is 0 Å². The molecule has 4 aliphatic rings. The highest BCUT2D eigenvalue weighted by atomic mass is 32.1. The summed E-state index contributed by atoms with van der Waals surface area (Å²) in [5.41, 5.74) is 19.0. The van der Waals surface area contributed by atoms with Gasteiger partial charge in [-0.25, -0.2) is 0 Å². The van der Waals surface area contributed by atoms with Crippen molar-refractivity contribution in [3.05, 3.63) is 113 Å². The van der Waals surface area contributed by atoms with Crippen LogP contribution in [0.2, 0.25) is 0 Å². The van der Waals surface area contributed by atoms with Crippen LogP contribution in [0.15, 0.2) is 84.9 Å². The van der Waals surface area contributed by atoms with Crippen LogP contribution < -0.4 is 21.3 Å². The highest BCUT2D eigenvalue weighted by Crippen LogP contribution is 2.53. The molecule has 0 amide bonds. The summed E-state index contributed by atoms with van der Waals surface area (Å²) >= 11 is 1.96. The minimum absolute atomic E-state index is 0.0424. The van der Waals surface area contributed by atoms with Crippen molar-refractivity contribution < 1.29 is 0 Å². The maximum atomic E-state index is 2.71. The zero-order chi connectivity index (χ0) is 39.1. The Bertz CT molecular complexity index is 2870. The van der Waals surface area contributed by atoms with Gasteiger partial charge in [-0.15, -0.1) is 11.3 Å². The third-order valence-electron chi connectivity index (χ3n) is 15.1. The van der Waals surface area contributed by atoms with Gasteiger partial charge in [0.15, 0.2) is 0 Å². The number of thiophene rings is 1. The second-order valence-electron chi connectivity index (χ2n) is 21.5. The third kappa shape index (κ3) is 4.51. The van der Waals surface area contributed by atoms with Gasteiger partial charge in [0.05, 0.1) is 5.52 Å². The largest absolute Gasteiger partial charge is 0.311 e. The third-order valence-corrected chi connectivity index (χ3v) is 16.2. The van der Waals surface area contributed by atoms with Crippen LogP contribution in [-0.4, -0.2) is 11.3 Å². The molecule has 2 aliphatic carbocycles. The smallest absolute Gasteiger partial charge is 0.252 e. The van der Waals surface area contributed by atoms with Crippen LogP contribution in [0.5, 0.6) is 0 Å². The van der Waals surface area contributed by atoms with E-state index in [1.165, 1.54) is 124 Å². The van der Waals surface area contributed by atoms with Crippen LogP contribution in [-0.2, 0) is 27.1 Å². The first-order chi connectivity index (χ1) is 26.4. The predicted molar refractivity (Wildman–Crippen MR) is 245 cm³/mol. The first-order valence-electron chi connectivity index (χ1n) is 21.1. The molecule has 0 saturated heterocycles. The molecule has 4 heteroatoms. The second kappa shape index (κ2) is 10.8. The normalized spacial score (nSPS) is 19.6. The van der Waals surface area contributed by atoms with E-state index in [1.54, 1.807) is 0 Å². The summed E-state index contributed by atoms with van der Waals surface area (Å²) in [5, 5.41) is 4.15. The standard InChI is InChI=1S/C52H55BN2S/c1-48(2,3)30-25-41-45-42(26-30)55-46-33(44-32-15-12-13-18-43(32)56-47(44)55)16-14-17-38(46)53(45)39-28-36-37(52(10,11)24-23-51(36,8)9)29-40(39)54(41)31-19-20-34-35(27-31)50(6,7)22-21-49(34,4)5/h12-20,25-29H,21-24H2,1-11H3. The SMILES string of the molecule is CC(C)(C)c1cc2c3c(c1)-n1c4sc5ccccc5c4c4cccc(c41)B3c1cc3c(cc1N2c1ccc2c(c1)C(C)(C)CCC2(C)C)C(C)(C)CCC3(C)C. The van der Waals surface area contributed by atoms with Gasteiger partial charge in [0.25, 0.3) is 6.71 Å². The Kier molecular flexibility index (Phi) is 6.74. The number of para-hydroxylation sites is 1. The molecule has 2 aromatic heterocycles. The fraction of sp³-hybridized carbons (Fsp3) is 0.385. The molecule has 2 nitrogen and oxygen atoms in total. The molecule has 0 spiro atoms. The van der Waals surface area contributed by atoms with E-state index in [0.29, 0.717) is 0 Å². The molecule has 0 unspecified atom stereocenters. The Labute approximate surface area is 338 Å². The van der Waals surface area contributed by atoms with E-state index in [1.807, 2.05) is 11.3 Å². The molecule has 282 valence electrons. The fourth-order valence-corrected chi connectivity index (χ4v) is 12.6. The number of hydrogen-bond donors (Lipinski definition) is 0. The van der Waals surface area contributed by atoms with Gasteiger partial charge in [-0.1, -0.05) is 125 Å². The number of hydrogen-bond acceptors (Lipinski definition) is 2. The summed E-state index contributed by atoms with van der Waals surface area (Å²) in [6.45, 7) is 27.1. The number of nitrogens with zero attached hydrogens (tertiary/aromatic N) is 2. The molecular formula is C52H55BN2S. The van der Waals surface area contributed by atoms with Crippen molar-refractivity contribution in [2.45, 2.75) is 129 Å². The molecule has 0 fully saturated rings. The van der Waals surface area contributed by atoms with Crippen molar-refractivity contribution in [2.24, 2.45) is 0 Å². The molecule has 0 bridgehead atoms. The van der Waals surface area contributed by atoms with Crippen molar-refractivity contribution >= 4 is 82.7 Å². The molecule has 0 radical (unpaired) electrons. The van der Waals surface area contributed by atoms with Gasteiger partial charge in [0, 0.05) is 43.6 Å². The van der Waals surface area contributed by atoms with Crippen molar-refractivity contribution in [1.82, 2.24) is 4.57 Å². The molecule has 0 atom stereocenters. The Morgan fingerprint density at radius 3 is 1.88 bits per heavy atom. The molecule has 11 rings (SSSR count). The predicted octanol–water partition coefficient (Wildman–Crippen LogP) is 12.6. The summed E-state index contributed by atoms with van der Waals surface area (Å²) in [5.74, 6) is 0. The van der Waals surface area contributed by atoms with E-state index in [4.69, 9.17) is 0 Å². The molecule has 5 aromatic carbocycles. The number of aromatic nitrogens is 1. The number of fused-ring (bicyclic) bond motifs is 11. The topological polar surface area (TPSA) is 8.17 Å². The molecule has 4 heterocycles. The van der Waals surface area contributed by atoms with E-state index in [0.717, 1.165) is 0 Å². The van der Waals surface area contributed by atoms with Gasteiger partial charge in [0.1, 0.15) is 4.83 Å². The quantitative estimate of drug-likeness (QED) is 0.152. The van der Waals surface area contributed by atoms with Crippen LogP contribution in [0.4, 0.5) is 17.1 Å². The Morgan fingerprint density at radius 2 is 1.18 bits per heavy atom. The van der Waals surface area contributed by atoms with Crippen molar-refractivity contribution in [3.8, 4) is 5.69 Å². The molecule has 2 aliphatic heterocycles. The van der Waals surface area contributed by atoms with Gasteiger partial charge in [0.2, 0.25) is 0 Å². The summed E-state index contributed by atoms with van der Waals surface area (Å²) in [6.07, 6.45) is 4.82. The van der Waals surface area contributed by atoms with Crippen LogP contribution in [0.25, 0.3) is 36.9 Å². The highest BCUT2D eigenvalue weighted by Gasteiger charge is 2.47. The molecule has 56 heavy (non-hydrogen) atoms. The highest BCUT2D eigenvalue weighted by molar-refractivity contribution is 7.26. The number of anilines is 3. The van der Waals surface area contributed by atoms with E-state index in [-0.39, 0.29) is 33.8 Å². The van der Waals surface area contributed by atoms with Crippen molar-refractivity contribution in [2.75, 3.05) is 4.90 Å². The maximum absolute atomic E-state index is 2.71. The monoisotopic (exact) mass is 750 g/mol. The summed E-state index contributed by atoms with van der Waals surface area (Å²) < 4.78 is 4.04. The average molecular weight is 751 g/mol. The molecule has 0 saturated carbocycles. The van der Waals surface area contributed by atoms with Gasteiger partial charge in [-0.3, -0.25) is 0 Å². The number of rotatable bonds is 1. The summed E-state index contributed by atoms with van der Waals surface area (Å²) in [4.78, 5) is 4.08. The van der Waals surface area contributed by atoms with E-state index < -0.39 is 0 Å². The van der Waals surface area contributed by atoms with E-state index >= 15 is 0 Å². The van der Waals surface area contributed by atoms with Crippen LogP contribution in [0.1, 0.15) is 130 Å². The Morgan fingerprint density at radius 1 is 0.571 bits per heavy atom. The molecule has 7 aromatic rings. The maximum Gasteiger partial charge on any atom is 0.252 e. The Balaban J connectivity index is 1.32. The lowest BCUT2D eigenvalue weighted by Gasteiger charge is -2.47. The fourth-order valence-electron chi connectivity index (χ4n) is 11.4. The zero-order valence-corrected chi connectivity index (χ0v) is 36.1. The lowest BCUT2D eigenvalue weighted by molar-refractivity contribution is 0.332. The van der Waals surface area contributed by atoms with Crippen molar-refractivity contribution in [3.63, 3.8) is 0 Å². The van der Waals surface area contributed by atoms with Crippen LogP contribution >= 0.6 is 11.3 Å².